The van der Waals surface area contributed by atoms with E-state index in [1.165, 1.54) is 0 Å². The Bertz CT molecular complexity index is 508. The minimum atomic E-state index is -0.236. The van der Waals surface area contributed by atoms with Gasteiger partial charge in [-0.3, -0.25) is 4.79 Å². The number of carbonyl (C=O) groups excluding carboxylic acids is 1. The van der Waals surface area contributed by atoms with E-state index in [-0.39, 0.29) is 24.0 Å². The standard InChI is InChI=1S/C16H23NO3/c1-10-9-13(11(2)20-10)16(19)17-8-4-6-14(17)12-5-3-7-15(12)18/h9,12,14-15,18H,3-8H2,1-2H3. The Morgan fingerprint density at radius 1 is 1.30 bits per heavy atom. The second-order valence-electron chi connectivity index (χ2n) is 6.20. The van der Waals surface area contributed by atoms with Crippen molar-refractivity contribution in [2.45, 2.75) is 58.1 Å². The predicted octanol–water partition coefficient (Wildman–Crippen LogP) is 2.66. The first-order valence-electron chi connectivity index (χ1n) is 7.64. The summed E-state index contributed by atoms with van der Waals surface area (Å²) in [5.41, 5.74) is 0.682. The maximum atomic E-state index is 12.7. The number of hydrogen-bond acceptors (Lipinski definition) is 3. The lowest BCUT2D eigenvalue weighted by Crippen LogP contribution is -2.42. The Balaban J connectivity index is 1.81. The number of aliphatic hydroxyl groups excluding tert-OH is 1. The molecule has 110 valence electrons. The van der Waals surface area contributed by atoms with Crippen molar-refractivity contribution in [1.82, 2.24) is 4.90 Å². The molecule has 0 aromatic carbocycles. The molecule has 1 aliphatic carbocycles. The molecular weight excluding hydrogens is 254 g/mol. The summed E-state index contributed by atoms with van der Waals surface area (Å²) in [6.45, 7) is 4.51. The van der Waals surface area contributed by atoms with E-state index >= 15 is 0 Å². The molecule has 2 aliphatic rings. The molecule has 1 aromatic heterocycles. The number of rotatable bonds is 2. The molecule has 4 nitrogen and oxygen atoms in total. The predicted molar refractivity (Wildman–Crippen MR) is 75.6 cm³/mol. The van der Waals surface area contributed by atoms with E-state index in [2.05, 4.69) is 0 Å². The van der Waals surface area contributed by atoms with Gasteiger partial charge in [0.2, 0.25) is 0 Å². The maximum Gasteiger partial charge on any atom is 0.257 e. The van der Waals surface area contributed by atoms with Gasteiger partial charge in [0.05, 0.1) is 11.7 Å². The summed E-state index contributed by atoms with van der Waals surface area (Å²) < 4.78 is 5.48. The lowest BCUT2D eigenvalue weighted by atomic mass is 9.93. The van der Waals surface area contributed by atoms with Crippen LogP contribution in [0.2, 0.25) is 0 Å². The SMILES string of the molecule is Cc1cc(C(=O)N2CCCC2C2CCCC2O)c(C)o1. The summed E-state index contributed by atoms with van der Waals surface area (Å²) in [4.78, 5) is 14.7. The third kappa shape index (κ3) is 2.26. The summed E-state index contributed by atoms with van der Waals surface area (Å²) in [5.74, 6) is 1.81. The van der Waals surface area contributed by atoms with Gasteiger partial charge in [-0.2, -0.15) is 0 Å². The van der Waals surface area contributed by atoms with Crippen LogP contribution in [0.1, 0.15) is 54.0 Å². The van der Waals surface area contributed by atoms with Crippen molar-refractivity contribution in [2.24, 2.45) is 5.92 Å². The molecule has 2 fully saturated rings. The molecule has 4 heteroatoms. The highest BCUT2D eigenvalue weighted by Gasteiger charge is 2.40. The third-order valence-electron chi connectivity index (χ3n) is 4.86. The minimum Gasteiger partial charge on any atom is -0.466 e. The lowest BCUT2D eigenvalue weighted by Gasteiger charge is -2.31. The molecule has 1 saturated heterocycles. The maximum absolute atomic E-state index is 12.7. The number of likely N-dealkylation sites (tertiary alicyclic amines) is 1. The van der Waals surface area contributed by atoms with E-state index in [9.17, 15) is 9.90 Å². The zero-order valence-electron chi connectivity index (χ0n) is 12.3. The lowest BCUT2D eigenvalue weighted by molar-refractivity contribution is 0.0526. The summed E-state index contributed by atoms with van der Waals surface area (Å²) in [7, 11) is 0. The van der Waals surface area contributed by atoms with Crippen LogP contribution in [0.3, 0.4) is 0 Å². The highest BCUT2D eigenvalue weighted by atomic mass is 16.3. The van der Waals surface area contributed by atoms with Crippen molar-refractivity contribution >= 4 is 5.91 Å². The largest absolute Gasteiger partial charge is 0.466 e. The van der Waals surface area contributed by atoms with Crippen molar-refractivity contribution in [3.8, 4) is 0 Å². The first kappa shape index (κ1) is 13.7. The Kier molecular flexibility index (Phi) is 3.59. The van der Waals surface area contributed by atoms with Gasteiger partial charge in [-0.1, -0.05) is 6.42 Å². The molecule has 3 atom stereocenters. The molecule has 0 bridgehead atoms. The Labute approximate surface area is 119 Å². The average molecular weight is 277 g/mol. The van der Waals surface area contributed by atoms with E-state index < -0.39 is 0 Å². The first-order valence-corrected chi connectivity index (χ1v) is 7.64. The second-order valence-corrected chi connectivity index (χ2v) is 6.20. The smallest absolute Gasteiger partial charge is 0.257 e. The minimum absolute atomic E-state index is 0.0703. The molecule has 1 amide bonds. The fourth-order valence-corrected chi connectivity index (χ4v) is 3.91. The van der Waals surface area contributed by atoms with Crippen molar-refractivity contribution in [1.29, 1.82) is 0 Å². The zero-order valence-corrected chi connectivity index (χ0v) is 12.3. The van der Waals surface area contributed by atoms with Crippen LogP contribution in [0.4, 0.5) is 0 Å². The van der Waals surface area contributed by atoms with Gasteiger partial charge in [0.25, 0.3) is 5.91 Å². The summed E-state index contributed by atoms with van der Waals surface area (Å²) in [6.07, 6.45) is 4.82. The highest BCUT2D eigenvalue weighted by molar-refractivity contribution is 5.95. The molecule has 1 N–H and O–H groups in total. The van der Waals surface area contributed by atoms with E-state index in [1.807, 2.05) is 24.8 Å². The van der Waals surface area contributed by atoms with Gasteiger partial charge in [0, 0.05) is 18.5 Å². The van der Waals surface area contributed by atoms with Crippen molar-refractivity contribution in [2.75, 3.05) is 6.54 Å². The average Bonchev–Trinajstić information content (AvgIpc) is 3.08. The van der Waals surface area contributed by atoms with Crippen LogP contribution in [0.25, 0.3) is 0 Å². The molecule has 1 aliphatic heterocycles. The first-order chi connectivity index (χ1) is 9.58. The number of hydrogen-bond donors (Lipinski definition) is 1. The van der Waals surface area contributed by atoms with Gasteiger partial charge in [-0.05, 0) is 45.6 Å². The fourth-order valence-electron chi connectivity index (χ4n) is 3.91. The summed E-state index contributed by atoms with van der Waals surface area (Å²) >= 11 is 0. The number of aryl methyl sites for hydroxylation is 2. The summed E-state index contributed by atoms with van der Waals surface area (Å²) in [5, 5.41) is 10.1. The number of aliphatic hydroxyl groups is 1. The number of carbonyl (C=O) groups is 1. The van der Waals surface area contributed by atoms with Gasteiger partial charge in [-0.15, -0.1) is 0 Å². The van der Waals surface area contributed by atoms with Crippen molar-refractivity contribution in [3.05, 3.63) is 23.2 Å². The number of amides is 1. The quantitative estimate of drug-likeness (QED) is 0.904. The molecular formula is C16H23NO3. The highest BCUT2D eigenvalue weighted by Crippen LogP contribution is 2.36. The Morgan fingerprint density at radius 2 is 2.10 bits per heavy atom. The molecule has 0 spiro atoms. The Morgan fingerprint density at radius 3 is 2.70 bits per heavy atom. The van der Waals surface area contributed by atoms with Crippen LogP contribution in [-0.2, 0) is 0 Å². The summed E-state index contributed by atoms with van der Waals surface area (Å²) in [6, 6.07) is 2.03. The van der Waals surface area contributed by atoms with Crippen LogP contribution in [-0.4, -0.2) is 34.6 Å². The van der Waals surface area contributed by atoms with Crippen LogP contribution in [0.5, 0.6) is 0 Å². The van der Waals surface area contributed by atoms with E-state index in [0.29, 0.717) is 11.3 Å². The van der Waals surface area contributed by atoms with E-state index in [4.69, 9.17) is 4.42 Å². The number of nitrogens with zero attached hydrogens (tertiary/aromatic N) is 1. The van der Waals surface area contributed by atoms with Crippen LogP contribution < -0.4 is 0 Å². The molecule has 1 saturated carbocycles. The molecule has 3 rings (SSSR count). The normalized spacial score (nSPS) is 30.1. The molecule has 20 heavy (non-hydrogen) atoms. The van der Waals surface area contributed by atoms with Gasteiger partial charge in [0.1, 0.15) is 11.5 Å². The second kappa shape index (κ2) is 5.24. The van der Waals surface area contributed by atoms with E-state index in [0.717, 1.165) is 44.4 Å². The zero-order chi connectivity index (χ0) is 14.3. The van der Waals surface area contributed by atoms with Gasteiger partial charge in [0.15, 0.2) is 0 Å². The Hall–Kier alpha value is -1.29. The van der Waals surface area contributed by atoms with Crippen LogP contribution >= 0.6 is 0 Å². The van der Waals surface area contributed by atoms with E-state index in [1.54, 1.807) is 0 Å². The molecule has 1 aromatic rings. The molecule has 2 heterocycles. The molecule has 0 radical (unpaired) electrons. The van der Waals surface area contributed by atoms with Crippen LogP contribution in [0.15, 0.2) is 10.5 Å². The third-order valence-corrected chi connectivity index (χ3v) is 4.86. The van der Waals surface area contributed by atoms with Crippen molar-refractivity contribution < 1.29 is 14.3 Å². The fraction of sp³-hybridized carbons (Fsp3) is 0.688. The number of furan rings is 1. The monoisotopic (exact) mass is 277 g/mol. The van der Waals surface area contributed by atoms with Crippen molar-refractivity contribution in [3.63, 3.8) is 0 Å². The van der Waals surface area contributed by atoms with Gasteiger partial charge < -0.3 is 14.4 Å². The van der Waals surface area contributed by atoms with Gasteiger partial charge in [-0.25, -0.2) is 0 Å². The topological polar surface area (TPSA) is 53.7 Å². The molecule has 3 unspecified atom stereocenters. The van der Waals surface area contributed by atoms with Gasteiger partial charge >= 0.3 is 0 Å². The van der Waals surface area contributed by atoms with Crippen LogP contribution in [0, 0.1) is 19.8 Å².